The molecule has 0 unspecified atom stereocenters. The van der Waals surface area contributed by atoms with Gasteiger partial charge in [-0.25, -0.2) is 4.79 Å². The predicted molar refractivity (Wildman–Crippen MR) is 83.4 cm³/mol. The number of esters is 1. The number of nitrogens with one attached hydrogen (secondary N) is 1. The Labute approximate surface area is 136 Å². The Morgan fingerprint density at radius 1 is 1.36 bits per heavy atom. The van der Waals surface area contributed by atoms with Gasteiger partial charge in [-0.15, -0.1) is 0 Å². The summed E-state index contributed by atoms with van der Waals surface area (Å²) in [6, 6.07) is 5.56. The fourth-order valence-electron chi connectivity index (χ4n) is 3.02. The summed E-state index contributed by atoms with van der Waals surface area (Å²) in [5, 5.41) is 2.79. The van der Waals surface area contributed by atoms with Crippen LogP contribution in [-0.2, 0) is 14.3 Å². The Morgan fingerprint density at radius 2 is 2.09 bits per heavy atom. The van der Waals surface area contributed by atoms with Crippen molar-refractivity contribution in [1.29, 1.82) is 0 Å². The van der Waals surface area contributed by atoms with Gasteiger partial charge in [0, 0.05) is 22.4 Å². The predicted octanol–water partition coefficient (Wildman–Crippen LogP) is 2.65. The van der Waals surface area contributed by atoms with Gasteiger partial charge in [0.05, 0.1) is 18.4 Å². The topological polar surface area (TPSA) is 64.6 Å². The van der Waals surface area contributed by atoms with E-state index >= 15 is 0 Å². The summed E-state index contributed by atoms with van der Waals surface area (Å²) in [6.07, 6.45) is 0.191. The van der Waals surface area contributed by atoms with Gasteiger partial charge in [-0.3, -0.25) is 4.79 Å². The maximum atomic E-state index is 12.3. The van der Waals surface area contributed by atoms with Crippen LogP contribution in [0.2, 0.25) is 0 Å². The molecule has 5 nitrogen and oxygen atoms in total. The van der Waals surface area contributed by atoms with Crippen LogP contribution in [0.15, 0.2) is 33.9 Å². The SMILES string of the molecule is COc1ccc(Br)cc1[C@@H]1CC(=O)NC2=C1C(=O)OC2(C)C. The molecule has 0 radical (unpaired) electrons. The first-order chi connectivity index (χ1) is 10.3. The van der Waals surface area contributed by atoms with Crippen LogP contribution in [0.1, 0.15) is 31.7 Å². The molecule has 1 amide bonds. The van der Waals surface area contributed by atoms with Gasteiger partial charge in [0.15, 0.2) is 0 Å². The minimum atomic E-state index is -0.819. The second-order valence-electron chi connectivity index (χ2n) is 5.88. The standard InChI is InChI=1S/C16H16BrNO4/c1-16(2)14-13(15(20)22-16)10(7-12(19)18-14)9-6-8(17)4-5-11(9)21-3/h4-6,10H,7H2,1-3H3,(H,18,19)/t10-/m0/s1. The highest BCUT2D eigenvalue weighted by Gasteiger charge is 2.48. The number of halogens is 1. The molecule has 1 N–H and O–H groups in total. The monoisotopic (exact) mass is 365 g/mol. The lowest BCUT2D eigenvalue weighted by molar-refractivity contribution is -0.144. The largest absolute Gasteiger partial charge is 0.496 e. The summed E-state index contributed by atoms with van der Waals surface area (Å²) in [4.78, 5) is 24.4. The third-order valence-electron chi connectivity index (χ3n) is 4.01. The highest BCUT2D eigenvalue weighted by atomic mass is 79.9. The summed E-state index contributed by atoms with van der Waals surface area (Å²) < 4.78 is 11.7. The number of hydrogen-bond acceptors (Lipinski definition) is 4. The molecule has 2 heterocycles. The number of amides is 1. The van der Waals surface area contributed by atoms with Crippen LogP contribution in [0.25, 0.3) is 0 Å². The molecule has 116 valence electrons. The van der Waals surface area contributed by atoms with E-state index in [2.05, 4.69) is 21.2 Å². The zero-order valence-electron chi connectivity index (χ0n) is 12.5. The molecular weight excluding hydrogens is 350 g/mol. The van der Waals surface area contributed by atoms with E-state index in [0.29, 0.717) is 17.0 Å². The van der Waals surface area contributed by atoms with Gasteiger partial charge < -0.3 is 14.8 Å². The van der Waals surface area contributed by atoms with Crippen molar-refractivity contribution in [2.45, 2.75) is 31.8 Å². The zero-order chi connectivity index (χ0) is 16.1. The maximum Gasteiger partial charge on any atom is 0.337 e. The molecule has 1 aromatic carbocycles. The second-order valence-corrected chi connectivity index (χ2v) is 6.80. The van der Waals surface area contributed by atoms with Crippen molar-refractivity contribution >= 4 is 27.8 Å². The van der Waals surface area contributed by atoms with E-state index in [1.807, 2.05) is 18.2 Å². The molecule has 1 atom stereocenters. The lowest BCUT2D eigenvalue weighted by Crippen LogP contribution is -2.38. The summed E-state index contributed by atoms with van der Waals surface area (Å²) >= 11 is 3.43. The van der Waals surface area contributed by atoms with Gasteiger partial charge in [0.25, 0.3) is 0 Å². The number of cyclic esters (lactones) is 1. The van der Waals surface area contributed by atoms with Crippen LogP contribution in [0.5, 0.6) is 5.75 Å². The molecule has 0 fully saturated rings. The van der Waals surface area contributed by atoms with E-state index in [1.165, 1.54) is 0 Å². The number of carbonyl (C=O) groups excluding carboxylic acids is 2. The first kappa shape index (κ1) is 15.1. The van der Waals surface area contributed by atoms with Gasteiger partial charge in [0.2, 0.25) is 5.91 Å². The Balaban J connectivity index is 2.18. The van der Waals surface area contributed by atoms with E-state index in [-0.39, 0.29) is 24.2 Å². The summed E-state index contributed by atoms with van der Waals surface area (Å²) in [7, 11) is 1.57. The van der Waals surface area contributed by atoms with E-state index in [0.717, 1.165) is 10.0 Å². The van der Waals surface area contributed by atoms with E-state index < -0.39 is 5.60 Å². The fraction of sp³-hybridized carbons (Fsp3) is 0.375. The van der Waals surface area contributed by atoms with Crippen molar-refractivity contribution in [3.05, 3.63) is 39.5 Å². The number of carbonyl (C=O) groups is 2. The summed E-state index contributed by atoms with van der Waals surface area (Å²) in [5.74, 6) is -0.234. The van der Waals surface area contributed by atoms with Crippen molar-refractivity contribution in [2.24, 2.45) is 0 Å². The maximum absolute atomic E-state index is 12.3. The summed E-state index contributed by atoms with van der Waals surface area (Å²) in [5.41, 5.74) is 1.05. The van der Waals surface area contributed by atoms with E-state index in [9.17, 15) is 9.59 Å². The van der Waals surface area contributed by atoms with E-state index in [1.54, 1.807) is 21.0 Å². The Morgan fingerprint density at radius 3 is 2.77 bits per heavy atom. The summed E-state index contributed by atoms with van der Waals surface area (Å²) in [6.45, 7) is 3.54. The smallest absolute Gasteiger partial charge is 0.337 e. The van der Waals surface area contributed by atoms with Crippen LogP contribution in [0, 0.1) is 0 Å². The van der Waals surface area contributed by atoms with Crippen LogP contribution >= 0.6 is 15.9 Å². The molecule has 2 aliphatic rings. The number of benzene rings is 1. The average Bonchev–Trinajstić information content (AvgIpc) is 2.67. The lowest BCUT2D eigenvalue weighted by atomic mass is 9.82. The highest BCUT2D eigenvalue weighted by Crippen LogP contribution is 2.45. The molecule has 3 rings (SSSR count). The van der Waals surface area contributed by atoms with Gasteiger partial charge in [-0.2, -0.15) is 0 Å². The van der Waals surface area contributed by atoms with E-state index in [4.69, 9.17) is 9.47 Å². The number of rotatable bonds is 2. The first-order valence-electron chi connectivity index (χ1n) is 6.95. The molecule has 0 saturated carbocycles. The third-order valence-corrected chi connectivity index (χ3v) is 4.50. The van der Waals surface area contributed by atoms with Crippen LogP contribution in [0.3, 0.4) is 0 Å². The Hall–Kier alpha value is -1.82. The van der Waals surface area contributed by atoms with Gasteiger partial charge >= 0.3 is 5.97 Å². The van der Waals surface area contributed by atoms with Crippen molar-refractivity contribution in [1.82, 2.24) is 5.32 Å². The molecule has 2 aliphatic heterocycles. The third kappa shape index (κ3) is 2.31. The van der Waals surface area contributed by atoms with Crippen molar-refractivity contribution in [3.63, 3.8) is 0 Å². The molecule has 0 saturated heterocycles. The minimum Gasteiger partial charge on any atom is -0.496 e. The quantitative estimate of drug-likeness (QED) is 0.818. The molecule has 0 bridgehead atoms. The molecule has 6 heteroatoms. The second kappa shape index (κ2) is 5.12. The highest BCUT2D eigenvalue weighted by molar-refractivity contribution is 9.10. The molecule has 0 spiro atoms. The van der Waals surface area contributed by atoms with Crippen molar-refractivity contribution in [3.8, 4) is 5.75 Å². The fourth-order valence-corrected chi connectivity index (χ4v) is 3.40. The molecule has 22 heavy (non-hydrogen) atoms. The Kier molecular flexibility index (Phi) is 3.51. The lowest BCUT2D eigenvalue weighted by Gasteiger charge is -2.27. The molecule has 0 aromatic heterocycles. The van der Waals surface area contributed by atoms with Gasteiger partial charge in [0.1, 0.15) is 11.4 Å². The van der Waals surface area contributed by atoms with Gasteiger partial charge in [-0.05, 0) is 32.0 Å². The van der Waals surface area contributed by atoms with Crippen molar-refractivity contribution in [2.75, 3.05) is 7.11 Å². The van der Waals surface area contributed by atoms with Crippen LogP contribution in [-0.4, -0.2) is 24.6 Å². The van der Waals surface area contributed by atoms with Crippen LogP contribution < -0.4 is 10.1 Å². The van der Waals surface area contributed by atoms with Crippen molar-refractivity contribution < 1.29 is 19.1 Å². The zero-order valence-corrected chi connectivity index (χ0v) is 14.1. The minimum absolute atomic E-state index is 0.128. The normalized spacial score (nSPS) is 23.0. The van der Waals surface area contributed by atoms with Gasteiger partial charge in [-0.1, -0.05) is 15.9 Å². The number of ether oxygens (including phenoxy) is 2. The number of hydrogen-bond donors (Lipinski definition) is 1. The van der Waals surface area contributed by atoms with Crippen LogP contribution in [0.4, 0.5) is 0 Å². The molecule has 0 aliphatic carbocycles. The number of methoxy groups -OCH3 is 1. The molecular formula is C16H16BrNO4. The average molecular weight is 366 g/mol. The first-order valence-corrected chi connectivity index (χ1v) is 7.74. The Bertz CT molecular complexity index is 708. The molecule has 1 aromatic rings.